The molecule has 154 valence electrons. The first-order valence-electron chi connectivity index (χ1n) is 10.6. The molecule has 27 heavy (non-hydrogen) atoms. The van der Waals surface area contributed by atoms with Crippen molar-refractivity contribution in [1.29, 1.82) is 0 Å². The second-order valence-electron chi connectivity index (χ2n) is 9.85. The molecule has 0 spiro atoms. The highest BCUT2D eigenvalue weighted by Crippen LogP contribution is 2.67. The molecular weight excluding hydrogens is 344 g/mol. The van der Waals surface area contributed by atoms with Crippen LogP contribution in [0.5, 0.6) is 0 Å². The molecule has 5 nitrogen and oxygen atoms in total. The first-order valence-corrected chi connectivity index (χ1v) is 10.6. The number of hydrogen-bond donors (Lipinski definition) is 3. The molecule has 0 heterocycles. The number of Topliss-reactive ketones (excluding diaryl/α,β-unsaturated/α-hetero) is 2. The van der Waals surface area contributed by atoms with Crippen molar-refractivity contribution in [3.05, 3.63) is 0 Å². The average molecular weight is 381 g/mol. The van der Waals surface area contributed by atoms with Crippen LogP contribution in [0, 0.1) is 40.4 Å². The summed E-state index contributed by atoms with van der Waals surface area (Å²) in [5, 5.41) is 27.6. The van der Waals surface area contributed by atoms with Crippen LogP contribution in [0.2, 0.25) is 0 Å². The van der Waals surface area contributed by atoms with Crippen molar-refractivity contribution in [2.75, 3.05) is 13.7 Å². The van der Waals surface area contributed by atoms with Gasteiger partial charge in [-0.05, 0) is 73.0 Å². The van der Waals surface area contributed by atoms with Crippen LogP contribution in [0.3, 0.4) is 0 Å². The fraction of sp³-hybridized carbons (Fsp3) is 0.909. The maximum absolute atomic E-state index is 12.3. The summed E-state index contributed by atoms with van der Waals surface area (Å²) in [6.45, 7) is 4.12. The standard InChI is InChI=1S/C21H32O4.CH4O/c1-20-8-7-13(23)9-12(20)3-4-14-15-5-6-16(18(25)11-22)21(15,2)10-17(24)19(14)20;1-2/h12,14-17,19,22,24H,3-11H2,1-2H3;2H,1H3/t12-,14+,15+,16-,17+,19-,20+,21+;/m1./s1. The van der Waals surface area contributed by atoms with Gasteiger partial charge < -0.3 is 15.3 Å². The molecule has 0 aromatic heterocycles. The Hall–Kier alpha value is -0.780. The van der Waals surface area contributed by atoms with Gasteiger partial charge in [-0.25, -0.2) is 0 Å². The second kappa shape index (κ2) is 7.57. The summed E-state index contributed by atoms with van der Waals surface area (Å²) < 4.78 is 0. The SMILES string of the molecule is CO.C[C@]12CCC(=O)C[C@H]1CC[C@@H]1[C@@H]2[C@@H](O)C[C@]2(C)[C@@H](C(=O)CO)CC[C@@H]12. The first-order chi connectivity index (χ1) is 12.8. The Balaban J connectivity index is 0.00000102. The number of carbonyl (C=O) groups is 2. The lowest BCUT2D eigenvalue weighted by molar-refractivity contribution is -0.174. The van der Waals surface area contributed by atoms with Gasteiger partial charge in [-0.2, -0.15) is 0 Å². The number of rotatable bonds is 2. The Morgan fingerprint density at radius 1 is 1.11 bits per heavy atom. The van der Waals surface area contributed by atoms with Gasteiger partial charge in [-0.3, -0.25) is 9.59 Å². The molecule has 4 fully saturated rings. The zero-order valence-electron chi connectivity index (χ0n) is 17.0. The summed E-state index contributed by atoms with van der Waals surface area (Å²) in [7, 11) is 1.00. The normalized spacial score (nSPS) is 48.6. The third kappa shape index (κ3) is 3.10. The van der Waals surface area contributed by atoms with E-state index < -0.39 is 0 Å². The largest absolute Gasteiger partial charge is 0.400 e. The van der Waals surface area contributed by atoms with E-state index >= 15 is 0 Å². The lowest BCUT2D eigenvalue weighted by atomic mass is 9.44. The highest BCUT2D eigenvalue weighted by molar-refractivity contribution is 5.83. The molecule has 0 unspecified atom stereocenters. The summed E-state index contributed by atoms with van der Waals surface area (Å²) >= 11 is 0. The Morgan fingerprint density at radius 3 is 2.48 bits per heavy atom. The smallest absolute Gasteiger partial charge is 0.161 e. The van der Waals surface area contributed by atoms with E-state index in [1.807, 2.05) is 0 Å². The highest BCUT2D eigenvalue weighted by Gasteiger charge is 2.63. The molecular formula is C22H36O5. The molecule has 5 heteroatoms. The summed E-state index contributed by atoms with van der Waals surface area (Å²) in [5.41, 5.74) is -0.106. The van der Waals surface area contributed by atoms with Gasteiger partial charge in [0.1, 0.15) is 12.4 Å². The molecule has 0 amide bonds. The lowest BCUT2D eigenvalue weighted by Gasteiger charge is -2.61. The minimum Gasteiger partial charge on any atom is -0.400 e. The van der Waals surface area contributed by atoms with Gasteiger partial charge in [0.05, 0.1) is 6.10 Å². The molecule has 0 bridgehead atoms. The minimum absolute atomic E-state index is 0.0428. The Labute approximate surface area is 162 Å². The molecule has 0 aliphatic heterocycles. The topological polar surface area (TPSA) is 94.8 Å². The van der Waals surface area contributed by atoms with Crippen LogP contribution in [-0.2, 0) is 9.59 Å². The van der Waals surface area contributed by atoms with E-state index in [-0.39, 0.29) is 41.2 Å². The van der Waals surface area contributed by atoms with E-state index in [2.05, 4.69) is 13.8 Å². The Bertz CT molecular complexity index is 589. The number of hydrogen-bond acceptors (Lipinski definition) is 5. The molecule has 0 radical (unpaired) electrons. The van der Waals surface area contributed by atoms with Crippen LogP contribution >= 0.6 is 0 Å². The van der Waals surface area contributed by atoms with E-state index in [4.69, 9.17) is 5.11 Å². The van der Waals surface area contributed by atoms with E-state index in [1.165, 1.54) is 0 Å². The van der Waals surface area contributed by atoms with Crippen molar-refractivity contribution in [2.45, 2.75) is 71.3 Å². The number of carbonyl (C=O) groups excluding carboxylic acids is 2. The number of aliphatic hydroxyl groups excluding tert-OH is 3. The molecule has 4 saturated carbocycles. The van der Waals surface area contributed by atoms with Crippen molar-refractivity contribution in [2.24, 2.45) is 40.4 Å². The fourth-order valence-corrected chi connectivity index (χ4v) is 7.81. The molecule has 3 N–H and O–H groups in total. The summed E-state index contributed by atoms with van der Waals surface area (Å²) in [4.78, 5) is 24.3. The number of ketones is 2. The van der Waals surface area contributed by atoms with Crippen LogP contribution in [0.1, 0.15) is 65.2 Å². The van der Waals surface area contributed by atoms with E-state index in [1.54, 1.807) is 0 Å². The molecule has 4 aliphatic rings. The second-order valence-corrected chi connectivity index (χ2v) is 9.85. The van der Waals surface area contributed by atoms with Crippen LogP contribution in [0.15, 0.2) is 0 Å². The van der Waals surface area contributed by atoms with Crippen molar-refractivity contribution < 1.29 is 24.9 Å². The third-order valence-electron chi connectivity index (χ3n) is 8.95. The van der Waals surface area contributed by atoms with Crippen molar-refractivity contribution in [3.8, 4) is 0 Å². The zero-order valence-corrected chi connectivity index (χ0v) is 17.0. The van der Waals surface area contributed by atoms with Gasteiger partial charge in [-0.1, -0.05) is 13.8 Å². The molecule has 4 rings (SSSR count). The van der Waals surface area contributed by atoms with Crippen molar-refractivity contribution >= 4 is 11.6 Å². The fourth-order valence-electron chi connectivity index (χ4n) is 7.81. The molecule has 0 aromatic rings. The van der Waals surface area contributed by atoms with E-state index in [0.717, 1.165) is 39.2 Å². The van der Waals surface area contributed by atoms with E-state index in [9.17, 15) is 19.8 Å². The maximum atomic E-state index is 12.3. The highest BCUT2D eigenvalue weighted by atomic mass is 16.3. The predicted molar refractivity (Wildman–Crippen MR) is 102 cm³/mol. The quantitative estimate of drug-likeness (QED) is 0.684. The van der Waals surface area contributed by atoms with Crippen molar-refractivity contribution in [1.82, 2.24) is 0 Å². The lowest BCUT2D eigenvalue weighted by Crippen LogP contribution is -2.59. The predicted octanol–water partition coefficient (Wildman–Crippen LogP) is 2.36. The third-order valence-corrected chi connectivity index (χ3v) is 8.95. The summed E-state index contributed by atoms with van der Waals surface area (Å²) in [5.74, 6) is 1.86. The van der Waals surface area contributed by atoms with Gasteiger partial charge >= 0.3 is 0 Å². The average Bonchev–Trinajstić information content (AvgIpc) is 2.99. The van der Waals surface area contributed by atoms with Crippen LogP contribution in [0.4, 0.5) is 0 Å². The van der Waals surface area contributed by atoms with Gasteiger partial charge in [0.2, 0.25) is 0 Å². The maximum Gasteiger partial charge on any atom is 0.161 e. The minimum atomic E-state index is -0.389. The van der Waals surface area contributed by atoms with Crippen LogP contribution in [0.25, 0.3) is 0 Å². The monoisotopic (exact) mass is 380 g/mol. The van der Waals surface area contributed by atoms with Gasteiger partial charge in [0.25, 0.3) is 0 Å². The summed E-state index contributed by atoms with van der Waals surface area (Å²) in [6.07, 6.45) is 6.62. The van der Waals surface area contributed by atoms with Gasteiger partial charge in [-0.15, -0.1) is 0 Å². The zero-order chi connectivity index (χ0) is 20.0. The van der Waals surface area contributed by atoms with Gasteiger partial charge in [0, 0.05) is 25.9 Å². The number of aliphatic hydroxyl groups is 3. The van der Waals surface area contributed by atoms with Gasteiger partial charge in [0.15, 0.2) is 5.78 Å². The molecule has 0 saturated heterocycles. The first kappa shape index (κ1) is 20.9. The Morgan fingerprint density at radius 2 is 1.81 bits per heavy atom. The summed E-state index contributed by atoms with van der Waals surface area (Å²) in [6, 6.07) is 0. The molecule has 0 aromatic carbocycles. The molecule has 8 atom stereocenters. The molecule has 4 aliphatic carbocycles. The van der Waals surface area contributed by atoms with E-state index in [0.29, 0.717) is 42.8 Å². The Kier molecular flexibility index (Phi) is 5.87. The van der Waals surface area contributed by atoms with Crippen LogP contribution < -0.4 is 0 Å². The van der Waals surface area contributed by atoms with Crippen molar-refractivity contribution in [3.63, 3.8) is 0 Å². The number of fused-ring (bicyclic) bond motifs is 5. The van der Waals surface area contributed by atoms with Crippen LogP contribution in [-0.4, -0.2) is 46.7 Å².